The van der Waals surface area contributed by atoms with E-state index < -0.39 is 5.63 Å². The second-order valence-corrected chi connectivity index (χ2v) is 3.91. The van der Waals surface area contributed by atoms with Gasteiger partial charge in [-0.15, -0.1) is 0 Å². The summed E-state index contributed by atoms with van der Waals surface area (Å²) in [5, 5.41) is 0. The third-order valence-corrected chi connectivity index (χ3v) is 2.41. The maximum absolute atomic E-state index is 10.6. The van der Waals surface area contributed by atoms with Gasteiger partial charge in [0.15, 0.2) is 6.29 Å². The maximum atomic E-state index is 10.6. The van der Waals surface area contributed by atoms with Crippen molar-refractivity contribution in [2.45, 2.75) is 26.7 Å². The molecule has 1 aromatic heterocycles. The molecule has 0 bridgehead atoms. The summed E-state index contributed by atoms with van der Waals surface area (Å²) in [5.41, 5.74) is 5.68. The summed E-state index contributed by atoms with van der Waals surface area (Å²) in [6, 6.07) is 0.982. The van der Waals surface area contributed by atoms with E-state index in [1.54, 1.807) is 7.05 Å². The van der Waals surface area contributed by atoms with Gasteiger partial charge >= 0.3 is 11.7 Å². The molecule has 0 spiro atoms. The Labute approximate surface area is 112 Å². The molecule has 19 heavy (non-hydrogen) atoms. The third-order valence-electron chi connectivity index (χ3n) is 2.41. The van der Waals surface area contributed by atoms with E-state index in [4.69, 9.17) is 5.73 Å². The molecule has 0 aliphatic carbocycles. The molecule has 6 heteroatoms. The number of nitrogens with two attached hydrogens (primary N) is 1. The molecule has 0 saturated carbocycles. The van der Waals surface area contributed by atoms with E-state index in [9.17, 15) is 14.4 Å². The number of carbonyl (C=O) groups is 2. The lowest BCUT2D eigenvalue weighted by atomic mass is 10.1. The first-order valence-electron chi connectivity index (χ1n) is 6.03. The molecule has 0 aromatic carbocycles. The van der Waals surface area contributed by atoms with Gasteiger partial charge in [-0.05, 0) is 18.4 Å². The number of amides is 2. The molecule has 2 N–H and O–H groups in total. The number of nitrogens with zero attached hydrogens (tertiary/aromatic N) is 1. The Balaban J connectivity index is 0.000000362. The zero-order chi connectivity index (χ0) is 14.8. The Morgan fingerprint density at radius 3 is 2.47 bits per heavy atom. The van der Waals surface area contributed by atoms with E-state index in [0.717, 1.165) is 18.5 Å². The fraction of sp³-hybridized carbons (Fsp3) is 0.462. The summed E-state index contributed by atoms with van der Waals surface area (Å²) in [5.74, 6) is 0. The summed E-state index contributed by atoms with van der Waals surface area (Å²) < 4.78 is 4.50. The molecule has 0 radical (unpaired) electrons. The van der Waals surface area contributed by atoms with Crippen LogP contribution in [-0.2, 0) is 6.42 Å². The lowest BCUT2D eigenvalue weighted by molar-refractivity contribution is 0.112. The summed E-state index contributed by atoms with van der Waals surface area (Å²) in [6.07, 6.45) is 3.50. The van der Waals surface area contributed by atoms with Gasteiger partial charge in [-0.2, -0.15) is 0 Å². The number of urea groups is 1. The molecule has 2 amide bonds. The van der Waals surface area contributed by atoms with Crippen LogP contribution in [0, 0.1) is 0 Å². The predicted octanol–water partition coefficient (Wildman–Crippen LogP) is 1.42. The highest BCUT2D eigenvalue weighted by atomic mass is 16.4. The van der Waals surface area contributed by atoms with Crippen molar-refractivity contribution in [3.8, 4) is 0 Å². The van der Waals surface area contributed by atoms with Crippen molar-refractivity contribution in [1.82, 2.24) is 4.90 Å². The second-order valence-electron chi connectivity index (χ2n) is 3.91. The topological polar surface area (TPSA) is 93.6 Å². The molecule has 0 fully saturated rings. The van der Waals surface area contributed by atoms with E-state index in [1.807, 2.05) is 13.8 Å². The number of aldehydes is 1. The van der Waals surface area contributed by atoms with Crippen LogP contribution >= 0.6 is 0 Å². The van der Waals surface area contributed by atoms with Crippen molar-refractivity contribution in [1.29, 1.82) is 0 Å². The van der Waals surface area contributed by atoms with Gasteiger partial charge in [0.2, 0.25) is 0 Å². The number of aryl methyl sites for hydroxylation is 1. The van der Waals surface area contributed by atoms with Gasteiger partial charge in [-0.1, -0.05) is 13.8 Å². The molecule has 106 valence electrons. The highest BCUT2D eigenvalue weighted by Gasteiger charge is 2.00. The first-order valence-corrected chi connectivity index (χ1v) is 6.03. The van der Waals surface area contributed by atoms with Crippen LogP contribution < -0.4 is 11.4 Å². The molecule has 0 atom stereocenters. The Bertz CT molecular complexity index is 468. The van der Waals surface area contributed by atoms with Crippen LogP contribution in [0.5, 0.6) is 0 Å². The van der Waals surface area contributed by atoms with Gasteiger partial charge < -0.3 is 15.1 Å². The predicted molar refractivity (Wildman–Crippen MR) is 72.2 cm³/mol. The summed E-state index contributed by atoms with van der Waals surface area (Å²) in [6.45, 7) is 4.62. The largest absolute Gasteiger partial charge is 0.431 e. The van der Waals surface area contributed by atoms with Gasteiger partial charge in [0.05, 0.1) is 5.56 Å². The SMILES string of the molecule is CCCN(C)C(N)=O.CCc1cc(=O)occ1C=O. The van der Waals surface area contributed by atoms with Crippen LogP contribution in [0.4, 0.5) is 4.79 Å². The van der Waals surface area contributed by atoms with E-state index >= 15 is 0 Å². The van der Waals surface area contributed by atoms with Gasteiger partial charge in [0, 0.05) is 19.7 Å². The van der Waals surface area contributed by atoms with Crippen LogP contribution in [0.1, 0.15) is 36.2 Å². The Morgan fingerprint density at radius 1 is 1.47 bits per heavy atom. The summed E-state index contributed by atoms with van der Waals surface area (Å²) >= 11 is 0. The zero-order valence-corrected chi connectivity index (χ0v) is 11.5. The van der Waals surface area contributed by atoms with E-state index in [0.29, 0.717) is 18.3 Å². The first kappa shape index (κ1) is 16.9. The highest BCUT2D eigenvalue weighted by molar-refractivity contribution is 5.76. The van der Waals surface area contributed by atoms with Crippen molar-refractivity contribution >= 4 is 12.3 Å². The van der Waals surface area contributed by atoms with Crippen LogP contribution in [0.15, 0.2) is 21.5 Å². The highest BCUT2D eigenvalue weighted by Crippen LogP contribution is 2.02. The number of carbonyl (C=O) groups excluding carboxylic acids is 2. The molecule has 1 heterocycles. The quantitative estimate of drug-likeness (QED) is 0.836. The molecular formula is C13H20N2O4. The number of primary amides is 1. The fourth-order valence-corrected chi connectivity index (χ4v) is 1.31. The van der Waals surface area contributed by atoms with Gasteiger partial charge in [0.1, 0.15) is 6.26 Å². The van der Waals surface area contributed by atoms with Gasteiger partial charge in [-0.3, -0.25) is 4.79 Å². The first-order chi connectivity index (χ1) is 8.96. The second kappa shape index (κ2) is 8.91. The lowest BCUT2D eigenvalue weighted by Crippen LogP contribution is -2.32. The van der Waals surface area contributed by atoms with Crippen LogP contribution in [0.2, 0.25) is 0 Å². The van der Waals surface area contributed by atoms with E-state index in [-0.39, 0.29) is 6.03 Å². The molecule has 0 aliphatic rings. The molecular weight excluding hydrogens is 248 g/mol. The minimum Gasteiger partial charge on any atom is -0.431 e. The monoisotopic (exact) mass is 268 g/mol. The molecule has 0 unspecified atom stereocenters. The Hall–Kier alpha value is -2.11. The molecule has 0 saturated heterocycles. The van der Waals surface area contributed by atoms with Crippen LogP contribution in [0.3, 0.4) is 0 Å². The number of hydrogen-bond donors (Lipinski definition) is 1. The molecule has 1 aromatic rings. The lowest BCUT2D eigenvalue weighted by Gasteiger charge is -2.10. The van der Waals surface area contributed by atoms with Crippen LogP contribution in [0.25, 0.3) is 0 Å². The zero-order valence-electron chi connectivity index (χ0n) is 11.5. The maximum Gasteiger partial charge on any atom is 0.335 e. The molecule has 0 aliphatic heterocycles. The third kappa shape index (κ3) is 6.40. The van der Waals surface area contributed by atoms with Gasteiger partial charge in [-0.25, -0.2) is 9.59 Å². The minimum atomic E-state index is -0.410. The fourth-order valence-electron chi connectivity index (χ4n) is 1.31. The smallest absolute Gasteiger partial charge is 0.335 e. The van der Waals surface area contributed by atoms with Crippen LogP contribution in [-0.4, -0.2) is 30.8 Å². The average molecular weight is 268 g/mol. The van der Waals surface area contributed by atoms with Crippen molar-refractivity contribution in [2.75, 3.05) is 13.6 Å². The number of rotatable bonds is 4. The summed E-state index contributed by atoms with van der Waals surface area (Å²) in [7, 11) is 1.69. The molecule has 6 nitrogen and oxygen atoms in total. The van der Waals surface area contributed by atoms with Crippen molar-refractivity contribution in [3.05, 3.63) is 33.9 Å². The van der Waals surface area contributed by atoms with Crippen molar-refractivity contribution < 1.29 is 14.0 Å². The normalized spacial score (nSPS) is 9.21. The van der Waals surface area contributed by atoms with Crippen molar-refractivity contribution in [2.24, 2.45) is 5.73 Å². The number of hydrogen-bond acceptors (Lipinski definition) is 4. The van der Waals surface area contributed by atoms with Gasteiger partial charge in [0.25, 0.3) is 0 Å². The Morgan fingerprint density at radius 2 is 2.11 bits per heavy atom. The minimum absolute atomic E-state index is 0.355. The Kier molecular flexibility index (Phi) is 7.92. The standard InChI is InChI=1S/C8H8O3.C5H12N2O/c1-2-6-3-8(10)11-5-7(6)4-9;1-3-4-7(2)5(6)8/h3-5H,2H2,1H3;3-4H2,1-2H3,(H2,6,8). The average Bonchev–Trinajstić information content (AvgIpc) is 2.39. The van der Waals surface area contributed by atoms with E-state index in [1.165, 1.54) is 17.2 Å². The summed E-state index contributed by atoms with van der Waals surface area (Å²) in [4.78, 5) is 32.7. The van der Waals surface area contributed by atoms with E-state index in [2.05, 4.69) is 4.42 Å². The van der Waals surface area contributed by atoms with Crippen molar-refractivity contribution in [3.63, 3.8) is 0 Å². The molecule has 1 rings (SSSR count).